The largest absolute Gasteiger partial charge is 0.340 e. The Morgan fingerprint density at radius 2 is 2.14 bits per heavy atom. The summed E-state index contributed by atoms with van der Waals surface area (Å²) in [6.45, 7) is 7.09. The van der Waals surface area contributed by atoms with Crippen molar-refractivity contribution in [2.75, 3.05) is 6.54 Å². The molecule has 1 N–H and O–H groups in total. The van der Waals surface area contributed by atoms with Gasteiger partial charge in [0.05, 0.1) is 6.54 Å². The van der Waals surface area contributed by atoms with Gasteiger partial charge in [-0.1, -0.05) is 25.1 Å². The van der Waals surface area contributed by atoms with E-state index < -0.39 is 0 Å². The summed E-state index contributed by atoms with van der Waals surface area (Å²) in [5.41, 5.74) is 3.77. The molecule has 0 aliphatic carbocycles. The molecule has 0 spiro atoms. The summed E-state index contributed by atoms with van der Waals surface area (Å²) in [5.74, 6) is 0. The van der Waals surface area contributed by atoms with E-state index in [9.17, 15) is 0 Å². The molecule has 110 valence electrons. The maximum atomic E-state index is 4.58. The number of aromatic nitrogens is 2. The van der Waals surface area contributed by atoms with E-state index in [4.69, 9.17) is 0 Å². The normalized spacial score (nSPS) is 11.3. The van der Waals surface area contributed by atoms with Crippen LogP contribution < -0.4 is 5.32 Å². The van der Waals surface area contributed by atoms with E-state index in [1.165, 1.54) is 21.5 Å². The first-order valence-corrected chi connectivity index (χ1v) is 8.34. The second kappa shape index (κ2) is 6.41. The average Bonchev–Trinajstić information content (AvgIpc) is 3.05. The Hall–Kier alpha value is -1.65. The lowest BCUT2D eigenvalue weighted by atomic mass is 10.2. The second-order valence-electron chi connectivity index (χ2n) is 5.36. The van der Waals surface area contributed by atoms with Crippen molar-refractivity contribution in [2.45, 2.75) is 33.4 Å². The molecule has 3 aromatic rings. The fourth-order valence-corrected chi connectivity index (χ4v) is 3.39. The Morgan fingerprint density at radius 1 is 1.29 bits per heavy atom. The first-order chi connectivity index (χ1) is 10.3. The number of thiazole rings is 1. The van der Waals surface area contributed by atoms with Crippen molar-refractivity contribution in [3.05, 3.63) is 52.1 Å². The lowest BCUT2D eigenvalue weighted by molar-refractivity contribution is 0.675. The molecule has 0 bridgehead atoms. The van der Waals surface area contributed by atoms with Crippen LogP contribution in [0.3, 0.4) is 0 Å². The number of aryl methyl sites for hydroxylation is 1. The predicted octanol–water partition coefficient (Wildman–Crippen LogP) is 3.95. The SMILES string of the molecule is CCCNCc1cn(Cc2nc(C)cs2)c2ccccc12. The van der Waals surface area contributed by atoms with Crippen LogP contribution in [0.2, 0.25) is 0 Å². The first kappa shape index (κ1) is 14.3. The van der Waals surface area contributed by atoms with Crippen molar-refractivity contribution in [2.24, 2.45) is 0 Å². The molecule has 3 nitrogen and oxygen atoms in total. The number of nitrogens with zero attached hydrogens (tertiary/aromatic N) is 2. The maximum absolute atomic E-state index is 4.58. The predicted molar refractivity (Wildman–Crippen MR) is 89.9 cm³/mol. The molecule has 0 atom stereocenters. The lowest BCUT2D eigenvalue weighted by Gasteiger charge is -2.01. The van der Waals surface area contributed by atoms with Gasteiger partial charge in [-0.25, -0.2) is 4.98 Å². The van der Waals surface area contributed by atoms with Crippen molar-refractivity contribution in [3.63, 3.8) is 0 Å². The van der Waals surface area contributed by atoms with Crippen LogP contribution in [-0.2, 0) is 13.1 Å². The molecule has 0 amide bonds. The van der Waals surface area contributed by atoms with Crippen LogP contribution in [0, 0.1) is 6.92 Å². The fraction of sp³-hybridized carbons (Fsp3) is 0.353. The molecule has 0 fully saturated rings. The topological polar surface area (TPSA) is 29.9 Å². The van der Waals surface area contributed by atoms with Gasteiger partial charge < -0.3 is 9.88 Å². The van der Waals surface area contributed by atoms with E-state index in [1.54, 1.807) is 11.3 Å². The van der Waals surface area contributed by atoms with Gasteiger partial charge in [0, 0.05) is 34.7 Å². The number of benzene rings is 1. The highest BCUT2D eigenvalue weighted by atomic mass is 32.1. The zero-order valence-electron chi connectivity index (χ0n) is 12.6. The molecule has 3 rings (SSSR count). The molecule has 2 heterocycles. The molecular weight excluding hydrogens is 278 g/mol. The van der Waals surface area contributed by atoms with Gasteiger partial charge in [0.1, 0.15) is 5.01 Å². The molecule has 0 saturated carbocycles. The Labute approximate surface area is 129 Å². The molecule has 0 radical (unpaired) electrons. The second-order valence-corrected chi connectivity index (χ2v) is 6.30. The Balaban J connectivity index is 1.90. The molecule has 1 aromatic carbocycles. The number of para-hydroxylation sites is 1. The summed E-state index contributed by atoms with van der Waals surface area (Å²) in [5, 5.41) is 8.12. The Kier molecular flexibility index (Phi) is 4.36. The van der Waals surface area contributed by atoms with Crippen LogP contribution in [0.25, 0.3) is 10.9 Å². The Morgan fingerprint density at radius 3 is 2.90 bits per heavy atom. The van der Waals surface area contributed by atoms with Crippen LogP contribution in [-0.4, -0.2) is 16.1 Å². The average molecular weight is 299 g/mol. The van der Waals surface area contributed by atoms with E-state index in [-0.39, 0.29) is 0 Å². The fourth-order valence-electron chi connectivity index (χ4n) is 2.62. The highest BCUT2D eigenvalue weighted by Gasteiger charge is 2.09. The van der Waals surface area contributed by atoms with Crippen molar-refractivity contribution in [3.8, 4) is 0 Å². The minimum atomic E-state index is 0.854. The summed E-state index contributed by atoms with van der Waals surface area (Å²) in [4.78, 5) is 4.58. The molecule has 0 aliphatic rings. The van der Waals surface area contributed by atoms with Crippen molar-refractivity contribution in [1.29, 1.82) is 0 Å². The minimum absolute atomic E-state index is 0.854. The van der Waals surface area contributed by atoms with Crippen LogP contribution in [0.1, 0.15) is 29.6 Å². The van der Waals surface area contributed by atoms with Gasteiger partial charge in [-0.2, -0.15) is 0 Å². The molecule has 0 unspecified atom stereocenters. The van der Waals surface area contributed by atoms with Crippen LogP contribution in [0.15, 0.2) is 35.8 Å². The van der Waals surface area contributed by atoms with E-state index in [0.717, 1.165) is 31.7 Å². The molecule has 21 heavy (non-hydrogen) atoms. The van der Waals surface area contributed by atoms with Crippen molar-refractivity contribution in [1.82, 2.24) is 14.9 Å². The van der Waals surface area contributed by atoms with Gasteiger partial charge in [0.2, 0.25) is 0 Å². The van der Waals surface area contributed by atoms with Crippen LogP contribution in [0.4, 0.5) is 0 Å². The zero-order chi connectivity index (χ0) is 14.7. The smallest absolute Gasteiger partial charge is 0.113 e. The molecule has 0 saturated heterocycles. The lowest BCUT2D eigenvalue weighted by Crippen LogP contribution is -2.13. The third kappa shape index (κ3) is 3.17. The summed E-state index contributed by atoms with van der Waals surface area (Å²) >= 11 is 1.74. The number of hydrogen-bond donors (Lipinski definition) is 1. The highest BCUT2D eigenvalue weighted by Crippen LogP contribution is 2.23. The van der Waals surface area contributed by atoms with Crippen LogP contribution >= 0.6 is 11.3 Å². The number of rotatable bonds is 6. The third-order valence-electron chi connectivity index (χ3n) is 3.59. The third-order valence-corrected chi connectivity index (χ3v) is 4.54. The van der Waals surface area contributed by atoms with Gasteiger partial charge >= 0.3 is 0 Å². The van der Waals surface area contributed by atoms with E-state index in [1.807, 2.05) is 6.92 Å². The summed E-state index contributed by atoms with van der Waals surface area (Å²) in [6, 6.07) is 8.62. The highest BCUT2D eigenvalue weighted by molar-refractivity contribution is 7.09. The molecular formula is C17H21N3S. The van der Waals surface area contributed by atoms with Crippen molar-refractivity contribution < 1.29 is 0 Å². The van der Waals surface area contributed by atoms with Gasteiger partial charge in [-0.3, -0.25) is 0 Å². The Bertz CT molecular complexity index is 727. The molecule has 4 heteroatoms. The summed E-state index contributed by atoms with van der Waals surface area (Å²) < 4.78 is 2.32. The van der Waals surface area contributed by atoms with Gasteiger partial charge in [-0.05, 0) is 31.5 Å². The van der Waals surface area contributed by atoms with Crippen LogP contribution in [0.5, 0.6) is 0 Å². The number of hydrogen-bond acceptors (Lipinski definition) is 3. The van der Waals surface area contributed by atoms with E-state index in [0.29, 0.717) is 0 Å². The van der Waals surface area contributed by atoms with Gasteiger partial charge in [-0.15, -0.1) is 11.3 Å². The zero-order valence-corrected chi connectivity index (χ0v) is 13.4. The maximum Gasteiger partial charge on any atom is 0.113 e. The number of fused-ring (bicyclic) bond motifs is 1. The van der Waals surface area contributed by atoms with Gasteiger partial charge in [0.15, 0.2) is 0 Å². The summed E-state index contributed by atoms with van der Waals surface area (Å²) in [6.07, 6.45) is 3.43. The standard InChI is InChI=1S/C17H21N3S/c1-3-8-18-9-14-10-20(11-17-19-13(2)12-21-17)16-7-5-4-6-15(14)16/h4-7,10,12,18H,3,8-9,11H2,1-2H3. The minimum Gasteiger partial charge on any atom is -0.340 e. The van der Waals surface area contributed by atoms with E-state index >= 15 is 0 Å². The van der Waals surface area contributed by atoms with E-state index in [2.05, 4.69) is 57.6 Å². The first-order valence-electron chi connectivity index (χ1n) is 7.46. The number of nitrogens with one attached hydrogen (secondary N) is 1. The quantitative estimate of drug-likeness (QED) is 0.698. The summed E-state index contributed by atoms with van der Waals surface area (Å²) in [7, 11) is 0. The monoisotopic (exact) mass is 299 g/mol. The molecule has 0 aliphatic heterocycles. The van der Waals surface area contributed by atoms with Crippen molar-refractivity contribution >= 4 is 22.2 Å². The molecule has 2 aromatic heterocycles. The van der Waals surface area contributed by atoms with Gasteiger partial charge in [0.25, 0.3) is 0 Å².